The van der Waals surface area contributed by atoms with E-state index in [-0.39, 0.29) is 56.9 Å². The zero-order valence-electron chi connectivity index (χ0n) is 25.6. The Morgan fingerprint density at radius 3 is 2.52 bits per heavy atom. The standard InChI is InChI=1S/C31H32ClFN6O6S/c1-14(2)24-27(21(46-5)9-10-35-24)39-28-16(11-17(32)25(36-28)22-18(33)7-6-8-20(22)45-4)26(23(34)29(39)40)38-12-15(3)37(31(43)44)13-19(38)30(41)42/h6-11,14-15,19H,12-13,34H2,1-5H3,(H,41,42)(H,43,44)/t15-,19-/m1/s1. The number of nitrogens with two attached hydrogens (primary N) is 1. The van der Waals surface area contributed by atoms with Crippen molar-refractivity contribution in [2.45, 2.75) is 43.7 Å². The largest absolute Gasteiger partial charge is 0.496 e. The second-order valence-electron chi connectivity index (χ2n) is 11.1. The summed E-state index contributed by atoms with van der Waals surface area (Å²) < 4.78 is 22.1. The minimum Gasteiger partial charge on any atom is -0.496 e. The van der Waals surface area contributed by atoms with Gasteiger partial charge < -0.3 is 30.5 Å². The molecule has 1 fully saturated rings. The number of hydrogen-bond acceptors (Lipinski definition) is 9. The summed E-state index contributed by atoms with van der Waals surface area (Å²) in [5.41, 5.74) is 6.58. The maximum absolute atomic E-state index is 15.4. The summed E-state index contributed by atoms with van der Waals surface area (Å²) in [6, 6.07) is 5.40. The first kappa shape index (κ1) is 32.8. The Kier molecular flexibility index (Phi) is 9.05. The highest BCUT2D eigenvalue weighted by atomic mass is 35.5. The molecule has 0 radical (unpaired) electrons. The van der Waals surface area contributed by atoms with Gasteiger partial charge in [-0.3, -0.25) is 14.3 Å². The lowest BCUT2D eigenvalue weighted by Crippen LogP contribution is -2.61. The van der Waals surface area contributed by atoms with Crippen LogP contribution in [-0.2, 0) is 4.79 Å². The fourth-order valence-corrected chi connectivity index (χ4v) is 6.68. The Morgan fingerprint density at radius 2 is 1.91 bits per heavy atom. The lowest BCUT2D eigenvalue weighted by molar-refractivity contribution is -0.139. The zero-order valence-corrected chi connectivity index (χ0v) is 27.2. The predicted molar refractivity (Wildman–Crippen MR) is 175 cm³/mol. The van der Waals surface area contributed by atoms with Crippen molar-refractivity contribution < 1.29 is 28.9 Å². The second-order valence-corrected chi connectivity index (χ2v) is 12.4. The number of nitrogen functional groups attached to an aromatic ring is 1. The summed E-state index contributed by atoms with van der Waals surface area (Å²) in [7, 11) is 1.38. The van der Waals surface area contributed by atoms with E-state index in [0.29, 0.717) is 16.3 Å². The van der Waals surface area contributed by atoms with E-state index in [4.69, 9.17) is 27.1 Å². The molecule has 0 aliphatic carbocycles. The Bertz CT molecular complexity index is 1940. The molecule has 0 saturated carbocycles. The summed E-state index contributed by atoms with van der Waals surface area (Å²) >= 11 is 8.20. The van der Waals surface area contributed by atoms with Gasteiger partial charge in [0.25, 0.3) is 5.56 Å². The van der Waals surface area contributed by atoms with E-state index in [1.807, 2.05) is 20.1 Å². The van der Waals surface area contributed by atoms with Gasteiger partial charge in [0, 0.05) is 29.1 Å². The summed E-state index contributed by atoms with van der Waals surface area (Å²) in [5, 5.41) is 20.1. The lowest BCUT2D eigenvalue weighted by Gasteiger charge is -2.44. The number of rotatable bonds is 7. The molecular weight excluding hydrogens is 639 g/mol. The summed E-state index contributed by atoms with van der Waals surface area (Å²) in [4.78, 5) is 51.4. The van der Waals surface area contributed by atoms with E-state index in [0.717, 1.165) is 4.90 Å². The highest BCUT2D eigenvalue weighted by molar-refractivity contribution is 7.98. The van der Waals surface area contributed by atoms with Gasteiger partial charge in [-0.1, -0.05) is 31.5 Å². The molecule has 0 unspecified atom stereocenters. The van der Waals surface area contributed by atoms with Gasteiger partial charge in [-0.25, -0.2) is 19.0 Å². The molecule has 242 valence electrons. The molecule has 0 bridgehead atoms. The van der Waals surface area contributed by atoms with E-state index in [9.17, 15) is 24.6 Å². The molecule has 12 nitrogen and oxygen atoms in total. The number of aromatic nitrogens is 3. The third kappa shape index (κ3) is 5.45. The zero-order chi connectivity index (χ0) is 33.6. The van der Waals surface area contributed by atoms with Crippen molar-refractivity contribution in [2.24, 2.45) is 0 Å². The van der Waals surface area contributed by atoms with Crippen molar-refractivity contribution in [3.63, 3.8) is 0 Å². The number of methoxy groups -OCH3 is 1. The maximum Gasteiger partial charge on any atom is 0.407 e. The molecule has 46 heavy (non-hydrogen) atoms. The number of thioether (sulfide) groups is 1. The molecule has 1 aromatic carbocycles. The van der Waals surface area contributed by atoms with Crippen molar-refractivity contribution in [1.29, 1.82) is 0 Å². The number of halogens is 2. The molecule has 3 aromatic heterocycles. The number of hydrogen-bond donors (Lipinski definition) is 3. The van der Waals surface area contributed by atoms with Crippen LogP contribution in [0.1, 0.15) is 32.4 Å². The fourth-order valence-electron chi connectivity index (χ4n) is 5.85. The highest BCUT2D eigenvalue weighted by Gasteiger charge is 2.41. The van der Waals surface area contributed by atoms with E-state index in [1.54, 1.807) is 25.3 Å². The lowest BCUT2D eigenvalue weighted by atomic mass is 10.0. The fraction of sp³-hybridized carbons (Fsp3) is 0.323. The number of fused-ring (bicyclic) bond motifs is 1. The van der Waals surface area contributed by atoms with Crippen LogP contribution in [0, 0.1) is 5.82 Å². The van der Waals surface area contributed by atoms with E-state index >= 15 is 4.39 Å². The normalized spacial score (nSPS) is 16.7. The van der Waals surface area contributed by atoms with Crippen molar-refractivity contribution >= 4 is 57.8 Å². The Hall–Kier alpha value is -4.56. The Balaban J connectivity index is 1.96. The Labute approximate surface area is 272 Å². The van der Waals surface area contributed by atoms with Gasteiger partial charge in [0.2, 0.25) is 0 Å². The van der Waals surface area contributed by atoms with E-state index in [1.165, 1.54) is 46.5 Å². The van der Waals surface area contributed by atoms with Crippen molar-refractivity contribution in [1.82, 2.24) is 19.4 Å². The van der Waals surface area contributed by atoms with Gasteiger partial charge in [-0.15, -0.1) is 11.8 Å². The van der Waals surface area contributed by atoms with Crippen LogP contribution >= 0.6 is 23.4 Å². The SMILES string of the molecule is COc1cccc(F)c1-c1nc2c(cc1Cl)c(N1C[C@@H](C)N(C(=O)O)C[C@@H]1C(=O)O)c(N)c(=O)n2-c1c(SC)ccnc1C(C)C. The van der Waals surface area contributed by atoms with Gasteiger partial charge in [0.1, 0.15) is 23.3 Å². The van der Waals surface area contributed by atoms with Crippen LogP contribution in [0.2, 0.25) is 5.02 Å². The number of carboxylic acids is 1. The number of carboxylic acid groups (broad SMARTS) is 2. The average molecular weight is 671 g/mol. The third-order valence-electron chi connectivity index (χ3n) is 8.01. The molecule has 2 atom stereocenters. The number of anilines is 2. The summed E-state index contributed by atoms with van der Waals surface area (Å²) in [6.45, 7) is 4.97. The number of carbonyl (C=O) groups is 2. The number of pyridine rings is 3. The third-order valence-corrected chi connectivity index (χ3v) is 9.06. The van der Waals surface area contributed by atoms with Crippen LogP contribution in [0.5, 0.6) is 5.75 Å². The van der Waals surface area contributed by atoms with Crippen LogP contribution in [-0.4, -0.2) is 80.2 Å². The van der Waals surface area contributed by atoms with Crippen molar-refractivity contribution in [3.05, 3.63) is 63.4 Å². The summed E-state index contributed by atoms with van der Waals surface area (Å²) in [5.74, 6) is -1.99. The maximum atomic E-state index is 15.4. The first-order chi connectivity index (χ1) is 21.8. The second kappa shape index (κ2) is 12.7. The van der Waals surface area contributed by atoms with E-state index in [2.05, 4.69) is 4.98 Å². The molecule has 1 aliphatic heterocycles. The number of nitrogens with zero attached hydrogens (tertiary/aromatic N) is 5. The summed E-state index contributed by atoms with van der Waals surface area (Å²) in [6.07, 6.45) is 2.20. The number of benzene rings is 1. The molecule has 1 aliphatic rings. The Morgan fingerprint density at radius 1 is 1.20 bits per heavy atom. The van der Waals surface area contributed by atoms with Gasteiger partial charge >= 0.3 is 12.1 Å². The molecular formula is C31H32ClFN6O6S. The molecule has 4 N–H and O–H groups in total. The minimum absolute atomic E-state index is 0.0153. The topological polar surface area (TPSA) is 164 Å². The van der Waals surface area contributed by atoms with Crippen LogP contribution in [0.3, 0.4) is 0 Å². The number of amides is 1. The van der Waals surface area contributed by atoms with Gasteiger partial charge in [-0.2, -0.15) is 0 Å². The van der Waals surface area contributed by atoms with Crippen LogP contribution in [0.25, 0.3) is 28.0 Å². The smallest absolute Gasteiger partial charge is 0.407 e. The molecule has 15 heteroatoms. The molecule has 5 rings (SSSR count). The van der Waals surface area contributed by atoms with Gasteiger partial charge in [0.05, 0.1) is 47.0 Å². The first-order valence-corrected chi connectivity index (χ1v) is 15.8. The van der Waals surface area contributed by atoms with Crippen LogP contribution in [0.4, 0.5) is 20.6 Å². The molecule has 4 heterocycles. The number of piperazine rings is 1. The molecule has 0 spiro atoms. The number of aliphatic carboxylic acids is 1. The van der Waals surface area contributed by atoms with E-state index < -0.39 is 42.1 Å². The van der Waals surface area contributed by atoms with Gasteiger partial charge in [0.15, 0.2) is 5.65 Å². The number of ether oxygens (including phenoxy) is 1. The predicted octanol–water partition coefficient (Wildman–Crippen LogP) is 5.32. The molecule has 1 saturated heterocycles. The minimum atomic E-state index is -1.40. The quantitative estimate of drug-likeness (QED) is 0.218. The van der Waals surface area contributed by atoms with Crippen LogP contribution < -0.4 is 20.9 Å². The molecule has 1 amide bonds. The average Bonchev–Trinajstić information content (AvgIpc) is 3.01. The van der Waals surface area contributed by atoms with Crippen molar-refractivity contribution in [3.8, 4) is 22.7 Å². The van der Waals surface area contributed by atoms with Gasteiger partial charge in [-0.05, 0) is 43.4 Å². The highest BCUT2D eigenvalue weighted by Crippen LogP contribution is 2.42. The van der Waals surface area contributed by atoms with Crippen molar-refractivity contribution in [2.75, 3.05) is 37.1 Å². The molecule has 4 aromatic rings. The van der Waals surface area contributed by atoms with Crippen LogP contribution in [0.15, 0.2) is 46.2 Å². The monoisotopic (exact) mass is 670 g/mol. The first-order valence-electron chi connectivity index (χ1n) is 14.2.